The number of aromatic nitrogens is 1. The molecule has 0 bridgehead atoms. The molecular weight excluding hydrogens is 374 g/mol. The number of piperazine rings is 1. The van der Waals surface area contributed by atoms with Gasteiger partial charge in [0.15, 0.2) is 0 Å². The number of thioether (sulfide) groups is 1. The molecule has 3 nitrogen and oxygen atoms in total. The fourth-order valence-corrected chi connectivity index (χ4v) is 5.97. The Morgan fingerprint density at radius 1 is 0.966 bits per heavy atom. The van der Waals surface area contributed by atoms with Gasteiger partial charge in [-0.05, 0) is 87.7 Å². The van der Waals surface area contributed by atoms with Crippen LogP contribution < -0.4 is 4.90 Å². The van der Waals surface area contributed by atoms with Gasteiger partial charge < -0.3 is 4.90 Å². The zero-order valence-corrected chi connectivity index (χ0v) is 18.8. The van der Waals surface area contributed by atoms with Crippen LogP contribution in [0.1, 0.15) is 43.2 Å². The third-order valence-electron chi connectivity index (χ3n) is 6.87. The van der Waals surface area contributed by atoms with E-state index in [-0.39, 0.29) is 0 Å². The summed E-state index contributed by atoms with van der Waals surface area (Å²) in [6.07, 6.45) is 10.8. The maximum absolute atomic E-state index is 4.25. The van der Waals surface area contributed by atoms with Crippen LogP contribution in [0.25, 0.3) is 0 Å². The van der Waals surface area contributed by atoms with E-state index < -0.39 is 0 Å². The topological polar surface area (TPSA) is 19.4 Å². The lowest BCUT2D eigenvalue weighted by Crippen LogP contribution is -2.47. The minimum absolute atomic E-state index is 0.788. The standard InChI is InChI=1S/C25H35N3S/c1-20-5-3-7-25(21(20)2)28-17-15-27(16-18-28)14-12-22-8-10-23(11-9-22)29-24-6-4-13-26-19-24/h3-7,13,19,22-23H,8-12,14-18H2,1-2H3. The van der Waals surface area contributed by atoms with Crippen molar-refractivity contribution in [2.75, 3.05) is 37.6 Å². The third kappa shape index (κ3) is 5.55. The maximum Gasteiger partial charge on any atom is 0.0403 e. The Kier molecular flexibility index (Phi) is 7.15. The largest absolute Gasteiger partial charge is 0.369 e. The van der Waals surface area contributed by atoms with E-state index in [2.05, 4.69) is 52.9 Å². The molecule has 2 aliphatic rings. The summed E-state index contributed by atoms with van der Waals surface area (Å²) in [4.78, 5) is 10.9. The molecule has 0 amide bonds. The number of hydrogen-bond acceptors (Lipinski definition) is 4. The van der Waals surface area contributed by atoms with E-state index >= 15 is 0 Å². The Morgan fingerprint density at radius 2 is 1.76 bits per heavy atom. The van der Waals surface area contributed by atoms with Crippen molar-refractivity contribution in [2.45, 2.75) is 56.1 Å². The van der Waals surface area contributed by atoms with Crippen molar-refractivity contribution in [1.29, 1.82) is 0 Å². The van der Waals surface area contributed by atoms with Gasteiger partial charge >= 0.3 is 0 Å². The van der Waals surface area contributed by atoms with Crippen LogP contribution in [0.2, 0.25) is 0 Å². The monoisotopic (exact) mass is 409 g/mol. The van der Waals surface area contributed by atoms with Gasteiger partial charge in [-0.1, -0.05) is 12.1 Å². The molecule has 0 unspecified atom stereocenters. The van der Waals surface area contributed by atoms with Crippen molar-refractivity contribution in [2.24, 2.45) is 5.92 Å². The number of anilines is 1. The average Bonchev–Trinajstić information content (AvgIpc) is 2.76. The third-order valence-corrected chi connectivity index (χ3v) is 8.19. The molecule has 0 radical (unpaired) electrons. The van der Waals surface area contributed by atoms with Crippen molar-refractivity contribution in [1.82, 2.24) is 9.88 Å². The lowest BCUT2D eigenvalue weighted by molar-refractivity contribution is 0.222. The van der Waals surface area contributed by atoms with Gasteiger partial charge in [-0.15, -0.1) is 11.8 Å². The first kappa shape index (κ1) is 20.7. The van der Waals surface area contributed by atoms with Crippen molar-refractivity contribution in [3.8, 4) is 0 Å². The molecule has 1 aliphatic carbocycles. The summed E-state index contributed by atoms with van der Waals surface area (Å²) in [5.74, 6) is 0.929. The second-order valence-corrected chi connectivity index (χ2v) is 10.2. The van der Waals surface area contributed by atoms with Crippen LogP contribution in [0.4, 0.5) is 5.69 Å². The molecule has 2 fully saturated rings. The molecular formula is C25H35N3S. The normalized spacial score (nSPS) is 23.3. The number of aryl methyl sites for hydroxylation is 1. The summed E-state index contributed by atoms with van der Waals surface area (Å²) in [5.41, 5.74) is 4.29. The van der Waals surface area contributed by atoms with Gasteiger partial charge in [0.05, 0.1) is 0 Å². The highest BCUT2D eigenvalue weighted by Gasteiger charge is 2.24. The van der Waals surface area contributed by atoms with Crippen LogP contribution in [0.15, 0.2) is 47.6 Å². The highest BCUT2D eigenvalue weighted by atomic mass is 32.2. The summed E-state index contributed by atoms with van der Waals surface area (Å²) in [6, 6.07) is 11.0. The van der Waals surface area contributed by atoms with Crippen LogP contribution in [0.3, 0.4) is 0 Å². The molecule has 0 spiro atoms. The zero-order valence-electron chi connectivity index (χ0n) is 18.0. The summed E-state index contributed by atoms with van der Waals surface area (Å²) >= 11 is 2.03. The van der Waals surface area contributed by atoms with Crippen molar-refractivity contribution >= 4 is 17.4 Å². The van der Waals surface area contributed by atoms with E-state index in [0.717, 1.165) is 11.2 Å². The van der Waals surface area contributed by atoms with E-state index in [1.165, 1.54) is 86.5 Å². The Hall–Kier alpha value is -1.52. The SMILES string of the molecule is Cc1cccc(N2CCN(CCC3CCC(Sc4cccnc4)CC3)CC2)c1C. The minimum Gasteiger partial charge on any atom is -0.369 e. The zero-order chi connectivity index (χ0) is 20.1. The van der Waals surface area contributed by atoms with Gasteiger partial charge in [0.25, 0.3) is 0 Å². The molecule has 4 rings (SSSR count). The molecule has 1 saturated heterocycles. The van der Waals surface area contributed by atoms with E-state index in [1.54, 1.807) is 0 Å². The predicted octanol–water partition coefficient (Wildman–Crippen LogP) is 5.56. The second-order valence-electron chi connectivity index (χ2n) is 8.79. The molecule has 156 valence electrons. The van der Waals surface area contributed by atoms with E-state index in [0.29, 0.717) is 0 Å². The van der Waals surface area contributed by atoms with Gasteiger partial charge in [0.2, 0.25) is 0 Å². The number of pyridine rings is 1. The van der Waals surface area contributed by atoms with E-state index in [9.17, 15) is 0 Å². The van der Waals surface area contributed by atoms with Crippen LogP contribution >= 0.6 is 11.8 Å². The van der Waals surface area contributed by atoms with Gasteiger partial charge in [0, 0.05) is 54.4 Å². The number of nitrogens with zero attached hydrogens (tertiary/aromatic N) is 3. The molecule has 0 N–H and O–H groups in total. The van der Waals surface area contributed by atoms with Crippen LogP contribution in [-0.4, -0.2) is 47.9 Å². The molecule has 1 saturated carbocycles. The van der Waals surface area contributed by atoms with Crippen LogP contribution in [0, 0.1) is 19.8 Å². The van der Waals surface area contributed by atoms with Crippen molar-refractivity contribution in [3.63, 3.8) is 0 Å². The quantitative estimate of drug-likeness (QED) is 0.622. The molecule has 0 atom stereocenters. The molecule has 2 heterocycles. The Morgan fingerprint density at radius 3 is 2.48 bits per heavy atom. The summed E-state index contributed by atoms with van der Waals surface area (Å²) < 4.78 is 0. The first-order chi connectivity index (χ1) is 14.2. The fourth-order valence-electron chi connectivity index (χ4n) is 4.80. The smallest absolute Gasteiger partial charge is 0.0403 e. The Bertz CT molecular complexity index is 763. The summed E-state index contributed by atoms with van der Waals surface area (Å²) in [6.45, 7) is 10.5. The predicted molar refractivity (Wildman–Crippen MR) is 125 cm³/mol. The number of benzene rings is 1. The lowest BCUT2D eigenvalue weighted by atomic mass is 9.86. The minimum atomic E-state index is 0.788. The van der Waals surface area contributed by atoms with Crippen LogP contribution in [0.5, 0.6) is 0 Å². The van der Waals surface area contributed by atoms with E-state index in [4.69, 9.17) is 0 Å². The molecule has 1 aromatic carbocycles. The first-order valence-electron chi connectivity index (χ1n) is 11.3. The highest BCUT2D eigenvalue weighted by Crippen LogP contribution is 2.36. The molecule has 2 aromatic rings. The number of rotatable bonds is 6. The Labute approximate surface area is 180 Å². The van der Waals surface area contributed by atoms with Gasteiger partial charge in [0.1, 0.15) is 0 Å². The summed E-state index contributed by atoms with van der Waals surface area (Å²) in [5, 5.41) is 0.788. The lowest BCUT2D eigenvalue weighted by Gasteiger charge is -2.38. The van der Waals surface area contributed by atoms with Crippen molar-refractivity contribution in [3.05, 3.63) is 53.9 Å². The number of hydrogen-bond donors (Lipinski definition) is 0. The van der Waals surface area contributed by atoms with Crippen LogP contribution in [-0.2, 0) is 0 Å². The first-order valence-corrected chi connectivity index (χ1v) is 12.2. The molecule has 29 heavy (non-hydrogen) atoms. The molecule has 4 heteroatoms. The maximum atomic E-state index is 4.25. The van der Waals surface area contributed by atoms with Gasteiger partial charge in [-0.25, -0.2) is 0 Å². The fraction of sp³-hybridized carbons (Fsp3) is 0.560. The second kappa shape index (κ2) is 9.99. The Balaban J connectivity index is 1.16. The average molecular weight is 410 g/mol. The molecule has 1 aliphatic heterocycles. The highest BCUT2D eigenvalue weighted by molar-refractivity contribution is 8.00. The molecule has 1 aromatic heterocycles. The van der Waals surface area contributed by atoms with Gasteiger partial charge in [-0.2, -0.15) is 0 Å². The van der Waals surface area contributed by atoms with Crippen molar-refractivity contribution < 1.29 is 0 Å². The van der Waals surface area contributed by atoms with E-state index in [1.807, 2.05) is 30.2 Å². The van der Waals surface area contributed by atoms with Gasteiger partial charge in [-0.3, -0.25) is 9.88 Å². The summed E-state index contributed by atoms with van der Waals surface area (Å²) in [7, 11) is 0.